The fourth-order valence-corrected chi connectivity index (χ4v) is 1.37. The van der Waals surface area contributed by atoms with Crippen LogP contribution in [0.3, 0.4) is 0 Å². The Balaban J connectivity index is 2.77. The molecule has 1 unspecified atom stereocenters. The molecule has 0 heterocycles. The van der Waals surface area contributed by atoms with Gasteiger partial charge in [-0.2, -0.15) is 0 Å². The van der Waals surface area contributed by atoms with Crippen molar-refractivity contribution in [3.05, 3.63) is 29.6 Å². The number of ether oxygens (including phenoxy) is 1. The number of nitrogens with two attached hydrogens (primary N) is 1. The van der Waals surface area contributed by atoms with Gasteiger partial charge in [0, 0.05) is 11.6 Å². The summed E-state index contributed by atoms with van der Waals surface area (Å²) in [5.41, 5.74) is 6.35. The molecule has 0 aromatic heterocycles. The summed E-state index contributed by atoms with van der Waals surface area (Å²) in [6, 6.07) is 3.92. The molecular formula is C13H20FNO2. The van der Waals surface area contributed by atoms with Crippen molar-refractivity contribution in [1.82, 2.24) is 0 Å². The Morgan fingerprint density at radius 2 is 2.00 bits per heavy atom. The average molecular weight is 241 g/mol. The Hall–Kier alpha value is -1.13. The molecule has 0 aliphatic rings. The van der Waals surface area contributed by atoms with E-state index in [1.165, 1.54) is 12.1 Å². The van der Waals surface area contributed by atoms with E-state index >= 15 is 0 Å². The molecule has 3 nitrogen and oxygen atoms in total. The fourth-order valence-electron chi connectivity index (χ4n) is 1.37. The van der Waals surface area contributed by atoms with E-state index in [0.717, 1.165) is 0 Å². The van der Waals surface area contributed by atoms with Gasteiger partial charge in [0.1, 0.15) is 18.2 Å². The highest BCUT2D eigenvalue weighted by Crippen LogP contribution is 2.25. The number of hydrogen-bond donors (Lipinski definition) is 2. The average Bonchev–Trinajstić information content (AvgIpc) is 2.26. The maximum absolute atomic E-state index is 13.1. The predicted molar refractivity (Wildman–Crippen MR) is 65.3 cm³/mol. The summed E-state index contributed by atoms with van der Waals surface area (Å²) in [6.07, 6.45) is -0.541. The Bertz CT molecular complexity index is 366. The first-order valence-corrected chi connectivity index (χ1v) is 5.77. The first-order valence-electron chi connectivity index (χ1n) is 5.77. The van der Waals surface area contributed by atoms with Crippen LogP contribution < -0.4 is 10.5 Å². The van der Waals surface area contributed by atoms with Crippen LogP contribution in [0.1, 0.15) is 32.4 Å². The fraction of sp³-hybridized carbons (Fsp3) is 0.538. The molecule has 96 valence electrons. The van der Waals surface area contributed by atoms with Gasteiger partial charge in [-0.15, -0.1) is 0 Å². The zero-order chi connectivity index (χ0) is 13.0. The lowest BCUT2D eigenvalue weighted by Gasteiger charge is -2.18. The second-order valence-corrected chi connectivity index (χ2v) is 4.59. The Labute approximate surface area is 101 Å². The highest BCUT2D eigenvalue weighted by molar-refractivity contribution is 5.36. The first kappa shape index (κ1) is 13.9. The van der Waals surface area contributed by atoms with Crippen molar-refractivity contribution in [2.75, 3.05) is 6.61 Å². The van der Waals surface area contributed by atoms with Crippen LogP contribution in [0.25, 0.3) is 0 Å². The predicted octanol–water partition coefficient (Wildman–Crippen LogP) is 2.24. The molecule has 0 aliphatic heterocycles. The molecule has 0 radical (unpaired) electrons. The van der Waals surface area contributed by atoms with E-state index in [2.05, 4.69) is 0 Å². The SMILES string of the molecule is CC(C)C(O)COc1ccc(F)cc1[C@H](C)N. The summed E-state index contributed by atoms with van der Waals surface area (Å²) in [6.45, 7) is 5.76. The summed E-state index contributed by atoms with van der Waals surface area (Å²) in [7, 11) is 0. The molecule has 0 bridgehead atoms. The second kappa shape index (κ2) is 5.98. The van der Waals surface area contributed by atoms with Gasteiger partial charge in [0.25, 0.3) is 0 Å². The molecular weight excluding hydrogens is 221 g/mol. The molecule has 0 saturated heterocycles. The molecule has 1 aromatic carbocycles. The van der Waals surface area contributed by atoms with Crippen molar-refractivity contribution < 1.29 is 14.2 Å². The molecule has 2 atom stereocenters. The van der Waals surface area contributed by atoms with E-state index in [9.17, 15) is 9.50 Å². The smallest absolute Gasteiger partial charge is 0.124 e. The van der Waals surface area contributed by atoms with Gasteiger partial charge in [0.2, 0.25) is 0 Å². The van der Waals surface area contributed by atoms with Gasteiger partial charge in [-0.25, -0.2) is 4.39 Å². The first-order chi connectivity index (χ1) is 7.91. The van der Waals surface area contributed by atoms with Gasteiger partial charge < -0.3 is 15.6 Å². The van der Waals surface area contributed by atoms with Crippen LogP contribution in [0, 0.1) is 11.7 Å². The van der Waals surface area contributed by atoms with Crippen molar-refractivity contribution in [3.8, 4) is 5.75 Å². The topological polar surface area (TPSA) is 55.5 Å². The zero-order valence-electron chi connectivity index (χ0n) is 10.5. The molecule has 3 N–H and O–H groups in total. The van der Waals surface area contributed by atoms with E-state index in [0.29, 0.717) is 11.3 Å². The lowest BCUT2D eigenvalue weighted by molar-refractivity contribution is 0.0696. The van der Waals surface area contributed by atoms with E-state index in [-0.39, 0.29) is 24.4 Å². The summed E-state index contributed by atoms with van der Waals surface area (Å²) < 4.78 is 18.6. The monoisotopic (exact) mass is 241 g/mol. The van der Waals surface area contributed by atoms with Gasteiger partial charge in [-0.05, 0) is 31.0 Å². The molecule has 0 amide bonds. The van der Waals surface area contributed by atoms with Crippen LogP contribution in [0.15, 0.2) is 18.2 Å². The Morgan fingerprint density at radius 1 is 1.35 bits per heavy atom. The third-order valence-corrected chi connectivity index (χ3v) is 2.64. The zero-order valence-corrected chi connectivity index (χ0v) is 10.5. The largest absolute Gasteiger partial charge is 0.491 e. The number of aliphatic hydroxyl groups is 1. The Kier molecular flexibility index (Phi) is 4.90. The molecule has 0 aliphatic carbocycles. The van der Waals surface area contributed by atoms with Gasteiger partial charge in [0.15, 0.2) is 0 Å². The van der Waals surface area contributed by atoms with Crippen LogP contribution >= 0.6 is 0 Å². The molecule has 0 fully saturated rings. The second-order valence-electron chi connectivity index (χ2n) is 4.59. The minimum Gasteiger partial charge on any atom is -0.491 e. The molecule has 17 heavy (non-hydrogen) atoms. The number of halogens is 1. The highest BCUT2D eigenvalue weighted by atomic mass is 19.1. The Morgan fingerprint density at radius 3 is 2.53 bits per heavy atom. The summed E-state index contributed by atoms with van der Waals surface area (Å²) in [4.78, 5) is 0. The van der Waals surface area contributed by atoms with Gasteiger partial charge in [-0.3, -0.25) is 0 Å². The van der Waals surface area contributed by atoms with Crippen LogP contribution in [0.2, 0.25) is 0 Å². The van der Waals surface area contributed by atoms with Crippen molar-refractivity contribution in [2.45, 2.75) is 32.9 Å². The standard InChI is InChI=1S/C13H20FNO2/c1-8(2)12(16)7-17-13-5-4-10(14)6-11(13)9(3)15/h4-6,8-9,12,16H,7,15H2,1-3H3/t9-,12?/m0/s1. The number of hydrogen-bond acceptors (Lipinski definition) is 3. The van der Waals surface area contributed by atoms with Gasteiger partial charge in [0.05, 0.1) is 6.10 Å². The van der Waals surface area contributed by atoms with E-state index < -0.39 is 6.10 Å². The molecule has 0 spiro atoms. The maximum Gasteiger partial charge on any atom is 0.124 e. The third kappa shape index (κ3) is 3.98. The lowest BCUT2D eigenvalue weighted by atomic mass is 10.1. The summed E-state index contributed by atoms with van der Waals surface area (Å²) >= 11 is 0. The summed E-state index contributed by atoms with van der Waals surface area (Å²) in [5, 5.41) is 9.64. The minimum atomic E-state index is -0.541. The van der Waals surface area contributed by atoms with Crippen LogP contribution in [-0.4, -0.2) is 17.8 Å². The molecule has 1 aromatic rings. The number of rotatable bonds is 5. The highest BCUT2D eigenvalue weighted by Gasteiger charge is 2.13. The van der Waals surface area contributed by atoms with E-state index in [4.69, 9.17) is 10.5 Å². The maximum atomic E-state index is 13.1. The van der Waals surface area contributed by atoms with E-state index in [1.54, 1.807) is 13.0 Å². The van der Waals surface area contributed by atoms with Crippen LogP contribution in [0.5, 0.6) is 5.75 Å². The van der Waals surface area contributed by atoms with Crippen molar-refractivity contribution in [1.29, 1.82) is 0 Å². The molecule has 0 saturated carbocycles. The van der Waals surface area contributed by atoms with Crippen molar-refractivity contribution in [2.24, 2.45) is 11.7 Å². The normalized spacial score (nSPS) is 14.8. The van der Waals surface area contributed by atoms with Crippen LogP contribution in [0.4, 0.5) is 4.39 Å². The number of aliphatic hydroxyl groups excluding tert-OH is 1. The van der Waals surface area contributed by atoms with Gasteiger partial charge in [-0.1, -0.05) is 13.8 Å². The van der Waals surface area contributed by atoms with Gasteiger partial charge >= 0.3 is 0 Å². The van der Waals surface area contributed by atoms with Crippen molar-refractivity contribution >= 4 is 0 Å². The lowest BCUT2D eigenvalue weighted by Crippen LogP contribution is -2.24. The molecule has 1 rings (SSSR count). The number of benzene rings is 1. The van der Waals surface area contributed by atoms with Crippen LogP contribution in [-0.2, 0) is 0 Å². The molecule has 4 heteroatoms. The third-order valence-electron chi connectivity index (χ3n) is 2.64. The quantitative estimate of drug-likeness (QED) is 0.831. The summed E-state index contributed by atoms with van der Waals surface area (Å²) in [5.74, 6) is 0.310. The van der Waals surface area contributed by atoms with Crippen molar-refractivity contribution in [3.63, 3.8) is 0 Å². The van der Waals surface area contributed by atoms with E-state index in [1.807, 2.05) is 13.8 Å². The minimum absolute atomic E-state index is 0.120.